The second-order valence-electron chi connectivity index (χ2n) is 4.07. The van der Waals surface area contributed by atoms with Crippen molar-refractivity contribution in [3.63, 3.8) is 0 Å². The molecule has 1 heterocycles. The summed E-state index contributed by atoms with van der Waals surface area (Å²) < 4.78 is 5.21. The van der Waals surface area contributed by atoms with Gasteiger partial charge in [-0.25, -0.2) is 4.98 Å². The Bertz CT molecular complexity index is 707. The molecule has 0 radical (unpaired) electrons. The number of hydrogen-bond acceptors (Lipinski definition) is 5. The van der Waals surface area contributed by atoms with E-state index in [0.29, 0.717) is 10.8 Å². The van der Waals surface area contributed by atoms with Crippen LogP contribution in [0, 0.1) is 10.1 Å². The van der Waals surface area contributed by atoms with Crippen LogP contribution in [0.4, 0.5) is 11.5 Å². The zero-order chi connectivity index (χ0) is 16.1. The highest BCUT2D eigenvalue weighted by atomic mass is 35.5. The van der Waals surface area contributed by atoms with Crippen molar-refractivity contribution in [2.45, 2.75) is 0 Å². The molecule has 0 aliphatic heterocycles. The van der Waals surface area contributed by atoms with Crippen LogP contribution < -0.4 is 10.1 Å². The van der Waals surface area contributed by atoms with Gasteiger partial charge in [-0.1, -0.05) is 23.2 Å². The molecule has 7 nitrogen and oxygen atoms in total. The summed E-state index contributed by atoms with van der Waals surface area (Å²) in [4.78, 5) is 25.6. The Morgan fingerprint density at radius 3 is 2.59 bits per heavy atom. The van der Waals surface area contributed by atoms with Gasteiger partial charge in [-0.15, -0.1) is 0 Å². The predicted octanol–water partition coefficient (Wildman–Crippen LogP) is 3.31. The van der Waals surface area contributed by atoms with E-state index >= 15 is 0 Å². The molecule has 0 unspecified atom stereocenters. The largest absolute Gasteiger partial charge is 0.484 e. The highest BCUT2D eigenvalue weighted by molar-refractivity contribution is 6.36. The number of halogens is 2. The van der Waals surface area contributed by atoms with Crippen molar-refractivity contribution in [1.29, 1.82) is 0 Å². The van der Waals surface area contributed by atoms with Crippen molar-refractivity contribution in [2.24, 2.45) is 0 Å². The second kappa shape index (κ2) is 7.06. The molecule has 9 heteroatoms. The fraction of sp³-hybridized carbons (Fsp3) is 0.0769. The number of anilines is 1. The summed E-state index contributed by atoms with van der Waals surface area (Å²) in [5.41, 5.74) is -0.0612. The van der Waals surface area contributed by atoms with Gasteiger partial charge < -0.3 is 10.1 Å². The maximum Gasteiger partial charge on any atom is 0.269 e. The van der Waals surface area contributed by atoms with Gasteiger partial charge in [0.1, 0.15) is 5.75 Å². The molecule has 0 spiro atoms. The van der Waals surface area contributed by atoms with E-state index in [1.165, 1.54) is 36.5 Å². The van der Waals surface area contributed by atoms with Crippen LogP contribution >= 0.6 is 23.2 Å². The van der Waals surface area contributed by atoms with E-state index in [1.54, 1.807) is 0 Å². The van der Waals surface area contributed by atoms with E-state index in [2.05, 4.69) is 10.3 Å². The normalized spacial score (nSPS) is 10.1. The number of nitrogens with one attached hydrogen (secondary N) is 1. The van der Waals surface area contributed by atoms with Gasteiger partial charge in [0.2, 0.25) is 0 Å². The molecule has 1 aromatic carbocycles. The van der Waals surface area contributed by atoms with Crippen molar-refractivity contribution in [3.05, 3.63) is 56.7 Å². The van der Waals surface area contributed by atoms with Crippen molar-refractivity contribution >= 4 is 40.6 Å². The molecule has 0 bridgehead atoms. The minimum absolute atomic E-state index is 0.0612. The summed E-state index contributed by atoms with van der Waals surface area (Å²) >= 11 is 11.6. The molecule has 2 aromatic rings. The standard InChI is InChI=1S/C13H9Cl2N3O4/c14-8-5-11(15)13(16-6-8)17-12(19)7-22-10-3-1-9(2-4-10)18(20)21/h1-6H,7H2,(H,16,17,19). The van der Waals surface area contributed by atoms with Gasteiger partial charge in [0.25, 0.3) is 11.6 Å². The van der Waals surface area contributed by atoms with E-state index < -0.39 is 10.8 Å². The van der Waals surface area contributed by atoms with E-state index in [0.717, 1.165) is 0 Å². The van der Waals surface area contributed by atoms with Crippen molar-refractivity contribution in [3.8, 4) is 5.75 Å². The van der Waals surface area contributed by atoms with E-state index in [1.807, 2.05) is 0 Å². The summed E-state index contributed by atoms with van der Waals surface area (Å²) in [6.45, 7) is -0.293. The second-order valence-corrected chi connectivity index (χ2v) is 4.92. The highest BCUT2D eigenvalue weighted by Gasteiger charge is 2.09. The Hall–Kier alpha value is -2.38. The third-order valence-electron chi connectivity index (χ3n) is 2.48. The van der Waals surface area contributed by atoms with Gasteiger partial charge in [0.15, 0.2) is 12.4 Å². The number of pyridine rings is 1. The van der Waals surface area contributed by atoms with E-state index in [-0.39, 0.29) is 23.1 Å². The zero-order valence-electron chi connectivity index (χ0n) is 11.0. The molecule has 2 rings (SSSR count). The van der Waals surface area contributed by atoms with Gasteiger partial charge in [0.05, 0.1) is 15.0 Å². The van der Waals surface area contributed by atoms with E-state index in [4.69, 9.17) is 27.9 Å². The number of nitrogens with zero attached hydrogens (tertiary/aromatic N) is 2. The molecule has 1 amide bonds. The molecule has 0 fully saturated rings. The van der Waals surface area contributed by atoms with Gasteiger partial charge in [-0.3, -0.25) is 14.9 Å². The average molecular weight is 342 g/mol. The molecule has 0 aliphatic rings. The first-order valence-electron chi connectivity index (χ1n) is 5.94. The lowest BCUT2D eigenvalue weighted by atomic mass is 10.3. The molecule has 1 aromatic heterocycles. The average Bonchev–Trinajstić information content (AvgIpc) is 2.48. The number of amides is 1. The number of carbonyl (C=O) groups excluding carboxylic acids is 1. The van der Waals surface area contributed by atoms with Gasteiger partial charge in [-0.2, -0.15) is 0 Å². The number of carbonyl (C=O) groups is 1. The lowest BCUT2D eigenvalue weighted by molar-refractivity contribution is -0.384. The minimum atomic E-state index is -0.523. The molecule has 0 saturated heterocycles. The Morgan fingerprint density at radius 2 is 2.00 bits per heavy atom. The minimum Gasteiger partial charge on any atom is -0.484 e. The summed E-state index contributed by atoms with van der Waals surface area (Å²) in [5.74, 6) is 0.0225. The topological polar surface area (TPSA) is 94.4 Å². The zero-order valence-corrected chi connectivity index (χ0v) is 12.5. The quantitative estimate of drug-likeness (QED) is 0.664. The fourth-order valence-corrected chi connectivity index (χ4v) is 1.91. The Balaban J connectivity index is 1.91. The molecule has 0 aliphatic carbocycles. The molecule has 1 N–H and O–H groups in total. The number of benzene rings is 1. The number of aromatic nitrogens is 1. The Kier molecular flexibility index (Phi) is 5.13. The van der Waals surface area contributed by atoms with Gasteiger partial charge >= 0.3 is 0 Å². The number of nitro groups is 1. The Morgan fingerprint density at radius 1 is 1.32 bits per heavy atom. The van der Waals surface area contributed by atoms with Crippen LogP contribution in [0.5, 0.6) is 5.75 Å². The van der Waals surface area contributed by atoms with E-state index in [9.17, 15) is 14.9 Å². The van der Waals surface area contributed by atoms with Crippen LogP contribution in [0.25, 0.3) is 0 Å². The summed E-state index contributed by atoms with van der Waals surface area (Å²) in [5, 5.41) is 13.5. The fourth-order valence-electron chi connectivity index (χ4n) is 1.49. The number of non-ortho nitro benzene ring substituents is 1. The SMILES string of the molecule is O=C(COc1ccc([N+](=O)[O-])cc1)Nc1ncc(Cl)cc1Cl. The molecule has 0 atom stereocenters. The van der Waals surface area contributed by atoms with Crippen LogP contribution in [-0.2, 0) is 4.79 Å². The predicted molar refractivity (Wildman–Crippen MR) is 81.5 cm³/mol. The van der Waals surface area contributed by atoms with Crippen molar-refractivity contribution in [2.75, 3.05) is 11.9 Å². The Labute approximate surface area is 135 Å². The summed E-state index contributed by atoms with van der Waals surface area (Å²) in [7, 11) is 0. The van der Waals surface area contributed by atoms with Crippen LogP contribution in [0.15, 0.2) is 36.5 Å². The third kappa shape index (κ3) is 4.31. The lowest BCUT2D eigenvalue weighted by Gasteiger charge is -2.08. The molecular formula is C13H9Cl2N3O4. The smallest absolute Gasteiger partial charge is 0.269 e. The molecule has 22 heavy (non-hydrogen) atoms. The number of rotatable bonds is 5. The van der Waals surface area contributed by atoms with Crippen LogP contribution in [0.2, 0.25) is 10.0 Å². The van der Waals surface area contributed by atoms with Crippen LogP contribution in [0.3, 0.4) is 0 Å². The monoisotopic (exact) mass is 341 g/mol. The number of hydrogen-bond donors (Lipinski definition) is 1. The molecular weight excluding hydrogens is 333 g/mol. The first kappa shape index (κ1) is 16.0. The summed E-state index contributed by atoms with van der Waals surface area (Å²) in [6, 6.07) is 6.82. The first-order chi connectivity index (χ1) is 10.5. The van der Waals surface area contributed by atoms with Gasteiger partial charge in [0, 0.05) is 18.3 Å². The van der Waals surface area contributed by atoms with Crippen LogP contribution in [-0.4, -0.2) is 22.4 Å². The van der Waals surface area contributed by atoms with Crippen LogP contribution in [0.1, 0.15) is 0 Å². The molecule has 0 saturated carbocycles. The number of ether oxygens (including phenoxy) is 1. The maximum absolute atomic E-state index is 11.7. The number of nitro benzene ring substituents is 1. The van der Waals surface area contributed by atoms with Crippen molar-refractivity contribution < 1.29 is 14.5 Å². The maximum atomic E-state index is 11.7. The summed E-state index contributed by atoms with van der Waals surface area (Å²) in [6.07, 6.45) is 1.35. The third-order valence-corrected chi connectivity index (χ3v) is 2.98. The van der Waals surface area contributed by atoms with Crippen molar-refractivity contribution in [1.82, 2.24) is 4.98 Å². The highest BCUT2D eigenvalue weighted by Crippen LogP contribution is 2.22. The lowest BCUT2D eigenvalue weighted by Crippen LogP contribution is -2.21. The molecule has 114 valence electrons. The first-order valence-corrected chi connectivity index (χ1v) is 6.69. The van der Waals surface area contributed by atoms with Gasteiger partial charge in [-0.05, 0) is 18.2 Å².